The summed E-state index contributed by atoms with van der Waals surface area (Å²) in [6.45, 7) is 4.71. The van der Waals surface area contributed by atoms with Crippen LogP contribution in [-0.2, 0) is 14.3 Å². The lowest BCUT2D eigenvalue weighted by Gasteiger charge is -2.11. The Morgan fingerprint density at radius 2 is 1.61 bits per heavy atom. The van der Waals surface area contributed by atoms with Gasteiger partial charge in [0.1, 0.15) is 5.75 Å². The van der Waals surface area contributed by atoms with E-state index < -0.39 is 11.9 Å². The van der Waals surface area contributed by atoms with Crippen LogP contribution >= 0.6 is 0 Å². The highest BCUT2D eigenvalue weighted by atomic mass is 16.6. The molecule has 1 heterocycles. The van der Waals surface area contributed by atoms with Crippen LogP contribution in [0.25, 0.3) is 12.2 Å². The monoisotopic (exact) mass is 483 g/mol. The molecule has 182 valence electrons. The highest BCUT2D eigenvalue weighted by molar-refractivity contribution is 6.13. The molecule has 1 aliphatic heterocycles. The van der Waals surface area contributed by atoms with Gasteiger partial charge in [-0.05, 0) is 55.8 Å². The predicted octanol–water partition coefficient (Wildman–Crippen LogP) is 5.45. The van der Waals surface area contributed by atoms with Crippen molar-refractivity contribution in [3.8, 4) is 17.2 Å². The molecule has 0 unspecified atom stereocenters. The van der Waals surface area contributed by atoms with Crippen molar-refractivity contribution in [1.82, 2.24) is 0 Å². The third kappa shape index (κ3) is 6.07. The van der Waals surface area contributed by atoms with Crippen molar-refractivity contribution in [2.24, 2.45) is 4.99 Å². The van der Waals surface area contributed by atoms with E-state index in [1.54, 1.807) is 48.5 Å². The summed E-state index contributed by atoms with van der Waals surface area (Å²) >= 11 is 0. The molecule has 0 saturated heterocycles. The van der Waals surface area contributed by atoms with Crippen LogP contribution in [0.1, 0.15) is 30.5 Å². The zero-order valence-electron chi connectivity index (χ0n) is 20.0. The fourth-order valence-corrected chi connectivity index (χ4v) is 3.43. The maximum atomic E-state index is 12.6. The highest BCUT2D eigenvalue weighted by Gasteiger charge is 2.25. The number of carbonyl (C=O) groups is 2. The molecule has 3 aromatic carbocycles. The molecule has 0 amide bonds. The van der Waals surface area contributed by atoms with Gasteiger partial charge in [0.25, 0.3) is 0 Å². The predicted molar refractivity (Wildman–Crippen MR) is 137 cm³/mol. The first-order valence-electron chi connectivity index (χ1n) is 11.5. The smallest absolute Gasteiger partial charge is 0.363 e. The number of para-hydroxylation sites is 1. The van der Waals surface area contributed by atoms with E-state index in [-0.39, 0.29) is 11.6 Å². The molecule has 0 aromatic heterocycles. The lowest BCUT2D eigenvalue weighted by molar-refractivity contribution is -0.130. The Balaban J connectivity index is 1.56. The molecule has 1 aliphatic rings. The summed E-state index contributed by atoms with van der Waals surface area (Å²) < 4.78 is 22.1. The molecule has 0 N–H and O–H groups in total. The van der Waals surface area contributed by atoms with Gasteiger partial charge in [-0.15, -0.1) is 0 Å². The molecule has 0 aliphatic carbocycles. The van der Waals surface area contributed by atoms with Crippen LogP contribution in [0.3, 0.4) is 0 Å². The summed E-state index contributed by atoms with van der Waals surface area (Å²) in [4.78, 5) is 29.3. The van der Waals surface area contributed by atoms with E-state index in [2.05, 4.69) is 4.99 Å². The van der Waals surface area contributed by atoms with Crippen LogP contribution in [0.4, 0.5) is 0 Å². The van der Waals surface area contributed by atoms with E-state index in [9.17, 15) is 9.59 Å². The molecule has 0 fully saturated rings. The summed E-state index contributed by atoms with van der Waals surface area (Å²) in [5.41, 5.74) is 2.05. The van der Waals surface area contributed by atoms with Crippen LogP contribution in [0.5, 0.6) is 17.2 Å². The second-order valence-corrected chi connectivity index (χ2v) is 7.57. The van der Waals surface area contributed by atoms with Crippen LogP contribution < -0.4 is 14.2 Å². The Bertz CT molecular complexity index is 1340. The lowest BCUT2D eigenvalue weighted by atomic mass is 10.1. The molecule has 7 heteroatoms. The van der Waals surface area contributed by atoms with Crippen molar-refractivity contribution < 1.29 is 28.5 Å². The number of hydrogen-bond donors (Lipinski definition) is 0. The minimum atomic E-state index is -0.609. The molecule has 0 radical (unpaired) electrons. The second kappa shape index (κ2) is 11.7. The number of nitrogens with zero attached hydrogens (tertiary/aromatic N) is 1. The van der Waals surface area contributed by atoms with Gasteiger partial charge in [0, 0.05) is 17.2 Å². The average molecular weight is 484 g/mol. The van der Waals surface area contributed by atoms with Gasteiger partial charge in [-0.3, -0.25) is 0 Å². The first-order valence-corrected chi connectivity index (χ1v) is 11.5. The number of benzene rings is 3. The second-order valence-electron chi connectivity index (χ2n) is 7.57. The molecule has 0 atom stereocenters. The van der Waals surface area contributed by atoms with Crippen molar-refractivity contribution >= 4 is 30.0 Å². The van der Waals surface area contributed by atoms with Crippen molar-refractivity contribution in [3.05, 3.63) is 101 Å². The SMILES string of the molecule is CCOc1ccc(C2=N/C(=C\c3ccccc3OC(=O)/C=C/c3ccccc3)C(=O)O2)cc1OCC. The van der Waals surface area contributed by atoms with E-state index in [1.807, 2.05) is 44.2 Å². The Labute approximate surface area is 209 Å². The number of rotatable bonds is 9. The van der Waals surface area contributed by atoms with Crippen LogP contribution in [0.2, 0.25) is 0 Å². The van der Waals surface area contributed by atoms with E-state index in [0.29, 0.717) is 41.6 Å². The maximum Gasteiger partial charge on any atom is 0.363 e. The van der Waals surface area contributed by atoms with E-state index in [1.165, 1.54) is 12.2 Å². The minimum Gasteiger partial charge on any atom is -0.490 e. The molecule has 4 rings (SSSR count). The summed E-state index contributed by atoms with van der Waals surface area (Å²) in [7, 11) is 0. The lowest BCUT2D eigenvalue weighted by Crippen LogP contribution is -2.07. The van der Waals surface area contributed by atoms with Crippen LogP contribution in [-0.4, -0.2) is 31.1 Å². The maximum absolute atomic E-state index is 12.6. The van der Waals surface area contributed by atoms with Gasteiger partial charge in [0.05, 0.1) is 13.2 Å². The summed E-state index contributed by atoms with van der Waals surface area (Å²) in [6, 6.07) is 21.5. The molecular weight excluding hydrogens is 458 g/mol. The largest absolute Gasteiger partial charge is 0.490 e. The number of esters is 2. The Hall–Kier alpha value is -4.65. The third-order valence-electron chi connectivity index (χ3n) is 5.04. The van der Waals surface area contributed by atoms with Crippen LogP contribution in [0.15, 0.2) is 89.6 Å². The van der Waals surface area contributed by atoms with Gasteiger partial charge < -0.3 is 18.9 Å². The number of carbonyl (C=O) groups excluding carboxylic acids is 2. The summed E-state index contributed by atoms with van der Waals surface area (Å²) in [5.74, 6) is 0.428. The summed E-state index contributed by atoms with van der Waals surface area (Å²) in [5, 5.41) is 0. The Morgan fingerprint density at radius 1 is 0.889 bits per heavy atom. The number of hydrogen-bond acceptors (Lipinski definition) is 7. The standard InChI is InChI=1S/C29H25NO6/c1-3-33-25-16-15-22(19-26(25)34-4-2)28-30-23(29(32)36-28)18-21-12-8-9-13-24(21)35-27(31)17-14-20-10-6-5-7-11-20/h5-19H,3-4H2,1-2H3/b17-14+,23-18-. The van der Waals surface area contributed by atoms with E-state index in [4.69, 9.17) is 18.9 Å². The van der Waals surface area contributed by atoms with Gasteiger partial charge >= 0.3 is 11.9 Å². The molecule has 36 heavy (non-hydrogen) atoms. The third-order valence-corrected chi connectivity index (χ3v) is 5.04. The fraction of sp³-hybridized carbons (Fsp3) is 0.138. The van der Waals surface area contributed by atoms with Gasteiger partial charge in [-0.1, -0.05) is 48.5 Å². The van der Waals surface area contributed by atoms with Crippen LogP contribution in [0, 0.1) is 0 Å². The van der Waals surface area contributed by atoms with Gasteiger partial charge in [-0.2, -0.15) is 0 Å². The van der Waals surface area contributed by atoms with Gasteiger partial charge in [-0.25, -0.2) is 14.6 Å². The topological polar surface area (TPSA) is 83.4 Å². The highest BCUT2D eigenvalue weighted by Crippen LogP contribution is 2.31. The van der Waals surface area contributed by atoms with Crippen molar-refractivity contribution in [2.45, 2.75) is 13.8 Å². The molecule has 3 aromatic rings. The molecule has 0 spiro atoms. The average Bonchev–Trinajstić information content (AvgIpc) is 3.26. The first kappa shape index (κ1) is 24.5. The Kier molecular flexibility index (Phi) is 7.93. The molecule has 0 bridgehead atoms. The first-order chi connectivity index (χ1) is 17.6. The van der Waals surface area contributed by atoms with Crippen molar-refractivity contribution in [2.75, 3.05) is 13.2 Å². The fourth-order valence-electron chi connectivity index (χ4n) is 3.43. The number of cyclic esters (lactones) is 1. The van der Waals surface area contributed by atoms with E-state index >= 15 is 0 Å². The normalized spacial score (nSPS) is 14.0. The molecule has 0 saturated carbocycles. The summed E-state index contributed by atoms with van der Waals surface area (Å²) in [6.07, 6.45) is 4.54. The van der Waals surface area contributed by atoms with Crippen molar-refractivity contribution in [3.63, 3.8) is 0 Å². The quantitative estimate of drug-likeness (QED) is 0.229. The number of aliphatic imine (C=N–C) groups is 1. The Morgan fingerprint density at radius 3 is 2.39 bits per heavy atom. The van der Waals surface area contributed by atoms with Gasteiger partial charge in [0.15, 0.2) is 17.2 Å². The minimum absolute atomic E-state index is 0.0835. The van der Waals surface area contributed by atoms with Crippen molar-refractivity contribution in [1.29, 1.82) is 0 Å². The zero-order chi connectivity index (χ0) is 25.3. The van der Waals surface area contributed by atoms with Gasteiger partial charge in [0.2, 0.25) is 5.90 Å². The molecular formula is C29H25NO6. The van der Waals surface area contributed by atoms with E-state index in [0.717, 1.165) is 5.56 Å². The zero-order valence-corrected chi connectivity index (χ0v) is 20.0. The number of ether oxygens (including phenoxy) is 4. The molecule has 7 nitrogen and oxygen atoms in total.